The topological polar surface area (TPSA) is 63.6 Å². The lowest BCUT2D eigenvalue weighted by Gasteiger charge is -2.09. The fourth-order valence-corrected chi connectivity index (χ4v) is 4.76. The van der Waals surface area contributed by atoms with E-state index in [-0.39, 0.29) is 5.91 Å². The van der Waals surface area contributed by atoms with Crippen LogP contribution >= 0.6 is 11.8 Å². The van der Waals surface area contributed by atoms with Gasteiger partial charge in [0.1, 0.15) is 5.75 Å². The number of ether oxygens (including phenoxy) is 1. The number of aliphatic imine (C=N–C) groups is 1. The second-order valence-corrected chi connectivity index (χ2v) is 9.15. The first kappa shape index (κ1) is 20.8. The Balaban J connectivity index is 1.28. The predicted octanol–water partition coefficient (Wildman–Crippen LogP) is 5.53. The summed E-state index contributed by atoms with van der Waals surface area (Å²) in [5, 5.41) is 5.08. The molecule has 2 heterocycles. The first-order valence-corrected chi connectivity index (χ1v) is 11.9. The van der Waals surface area contributed by atoms with Gasteiger partial charge in [-0.3, -0.25) is 9.78 Å². The lowest BCUT2D eigenvalue weighted by molar-refractivity contribution is -0.113. The molecule has 5 rings (SSSR count). The van der Waals surface area contributed by atoms with E-state index in [0.717, 1.165) is 41.5 Å². The molecule has 1 saturated carbocycles. The Morgan fingerprint density at radius 1 is 1.19 bits per heavy atom. The van der Waals surface area contributed by atoms with Crippen molar-refractivity contribution in [3.63, 3.8) is 0 Å². The summed E-state index contributed by atoms with van der Waals surface area (Å²) in [7, 11) is 0. The van der Waals surface area contributed by atoms with Crippen LogP contribution in [0.1, 0.15) is 43.2 Å². The van der Waals surface area contributed by atoms with E-state index in [0.29, 0.717) is 28.6 Å². The van der Waals surface area contributed by atoms with Crippen LogP contribution in [0.25, 0.3) is 17.0 Å². The summed E-state index contributed by atoms with van der Waals surface area (Å²) in [6.07, 6.45) is 6.83. The van der Waals surface area contributed by atoms with E-state index in [4.69, 9.17) is 4.74 Å². The number of benzene rings is 2. The van der Waals surface area contributed by atoms with Gasteiger partial charge < -0.3 is 10.1 Å². The molecule has 0 spiro atoms. The number of carbonyl (C=O) groups is 1. The normalized spacial score (nSPS) is 21.1. The van der Waals surface area contributed by atoms with Gasteiger partial charge in [-0.1, -0.05) is 49.7 Å². The van der Waals surface area contributed by atoms with Crippen molar-refractivity contribution in [3.05, 3.63) is 76.8 Å². The number of carbonyl (C=O) groups excluding carboxylic acids is 1. The first-order chi connectivity index (χ1) is 15.7. The highest BCUT2D eigenvalue weighted by molar-refractivity contribution is 8.18. The molecule has 1 N–H and O–H groups in total. The van der Waals surface area contributed by atoms with Crippen molar-refractivity contribution in [1.29, 1.82) is 0 Å². The molecule has 6 heteroatoms. The van der Waals surface area contributed by atoms with Gasteiger partial charge in [0.05, 0.1) is 17.0 Å². The van der Waals surface area contributed by atoms with Crippen LogP contribution in [0.5, 0.6) is 5.75 Å². The Labute approximate surface area is 192 Å². The number of hydrogen-bond donors (Lipinski definition) is 1. The van der Waals surface area contributed by atoms with Gasteiger partial charge in [0.25, 0.3) is 5.91 Å². The number of amides is 1. The molecule has 2 aromatic carbocycles. The maximum Gasteiger partial charge on any atom is 0.286 e. The van der Waals surface area contributed by atoms with Gasteiger partial charge in [-0.2, -0.15) is 4.99 Å². The van der Waals surface area contributed by atoms with Gasteiger partial charge in [0, 0.05) is 23.5 Å². The zero-order valence-electron chi connectivity index (χ0n) is 18.0. The van der Waals surface area contributed by atoms with E-state index < -0.39 is 0 Å². The lowest BCUT2D eigenvalue weighted by atomic mass is 10.1. The summed E-state index contributed by atoms with van der Waals surface area (Å²) in [4.78, 5) is 21.8. The molecule has 0 radical (unpaired) electrons. The molecule has 5 nitrogen and oxygen atoms in total. The molecule has 2 atom stereocenters. The molecule has 2 aliphatic rings. The number of amidine groups is 1. The van der Waals surface area contributed by atoms with E-state index in [1.807, 2.05) is 36.4 Å². The summed E-state index contributed by atoms with van der Waals surface area (Å²) in [5.41, 5.74) is 3.15. The highest BCUT2D eigenvalue weighted by Gasteiger charge is 2.40. The minimum atomic E-state index is -0.194. The van der Waals surface area contributed by atoms with Gasteiger partial charge in [-0.25, -0.2) is 0 Å². The Morgan fingerprint density at radius 3 is 2.91 bits per heavy atom. The van der Waals surface area contributed by atoms with E-state index in [1.165, 1.54) is 17.3 Å². The maximum atomic E-state index is 12.5. The Morgan fingerprint density at radius 2 is 2.06 bits per heavy atom. The van der Waals surface area contributed by atoms with Crippen LogP contribution in [0.4, 0.5) is 0 Å². The number of thioether (sulfide) groups is 1. The Hall–Kier alpha value is -3.12. The first-order valence-electron chi connectivity index (χ1n) is 11.1. The smallest absolute Gasteiger partial charge is 0.286 e. The molecule has 1 aliphatic carbocycles. The molecule has 1 aromatic heterocycles. The van der Waals surface area contributed by atoms with Gasteiger partial charge in [0.15, 0.2) is 5.17 Å². The summed E-state index contributed by atoms with van der Waals surface area (Å²) in [5.74, 6) is 1.12. The number of pyridine rings is 1. The van der Waals surface area contributed by atoms with E-state index in [2.05, 4.69) is 46.5 Å². The average Bonchev–Trinajstić information content (AvgIpc) is 3.50. The summed E-state index contributed by atoms with van der Waals surface area (Å²) in [6, 6.07) is 18.7. The van der Waals surface area contributed by atoms with Crippen LogP contribution in [-0.4, -0.2) is 28.7 Å². The van der Waals surface area contributed by atoms with Crippen molar-refractivity contribution < 1.29 is 9.53 Å². The molecule has 1 aliphatic heterocycles. The van der Waals surface area contributed by atoms with Crippen LogP contribution in [0.3, 0.4) is 0 Å². The van der Waals surface area contributed by atoms with Gasteiger partial charge >= 0.3 is 0 Å². The van der Waals surface area contributed by atoms with Crippen molar-refractivity contribution in [2.45, 2.75) is 38.1 Å². The minimum absolute atomic E-state index is 0.194. The zero-order valence-corrected chi connectivity index (χ0v) is 18.8. The van der Waals surface area contributed by atoms with Gasteiger partial charge in [-0.05, 0) is 60.0 Å². The predicted molar refractivity (Wildman–Crippen MR) is 131 cm³/mol. The van der Waals surface area contributed by atoms with E-state index in [9.17, 15) is 4.79 Å². The minimum Gasteiger partial charge on any atom is -0.493 e. The SMILES string of the molecule is CCCCOc1ccnc2ccc(/C=C3\SC(N[C@H]4C[C@@H]4c4ccccc4)=NC3=O)cc12. The molecule has 1 amide bonds. The summed E-state index contributed by atoms with van der Waals surface area (Å²) >= 11 is 1.41. The Kier molecular flexibility index (Phi) is 5.95. The third-order valence-electron chi connectivity index (χ3n) is 5.73. The van der Waals surface area contributed by atoms with Crippen molar-refractivity contribution in [2.75, 3.05) is 6.61 Å². The fraction of sp³-hybridized carbons (Fsp3) is 0.269. The number of nitrogens with zero attached hydrogens (tertiary/aromatic N) is 2. The van der Waals surface area contributed by atoms with Crippen LogP contribution in [0.2, 0.25) is 0 Å². The van der Waals surface area contributed by atoms with Gasteiger partial charge in [0.2, 0.25) is 0 Å². The molecule has 0 bridgehead atoms. The second kappa shape index (κ2) is 9.17. The summed E-state index contributed by atoms with van der Waals surface area (Å²) < 4.78 is 5.95. The summed E-state index contributed by atoms with van der Waals surface area (Å²) in [6.45, 7) is 2.83. The Bertz CT molecular complexity index is 1210. The highest BCUT2D eigenvalue weighted by Crippen LogP contribution is 2.42. The molecule has 1 fully saturated rings. The van der Waals surface area contributed by atoms with Crippen LogP contribution in [-0.2, 0) is 4.79 Å². The van der Waals surface area contributed by atoms with Crippen molar-refractivity contribution in [2.24, 2.45) is 4.99 Å². The fourth-order valence-electron chi connectivity index (χ4n) is 3.88. The molecular weight excluding hydrogens is 418 g/mol. The number of unbranched alkanes of at least 4 members (excludes halogenated alkanes) is 1. The molecule has 0 saturated heterocycles. The third-order valence-corrected chi connectivity index (χ3v) is 6.64. The number of fused-ring (bicyclic) bond motifs is 1. The molecule has 3 aromatic rings. The number of rotatable bonds is 7. The van der Waals surface area contributed by atoms with Crippen molar-refractivity contribution >= 4 is 39.8 Å². The monoisotopic (exact) mass is 443 g/mol. The van der Waals surface area contributed by atoms with Crippen LogP contribution in [0.15, 0.2) is 70.7 Å². The van der Waals surface area contributed by atoms with Crippen molar-refractivity contribution in [3.8, 4) is 5.75 Å². The average molecular weight is 444 g/mol. The molecular formula is C26H25N3O2S. The molecule has 32 heavy (non-hydrogen) atoms. The second-order valence-electron chi connectivity index (χ2n) is 8.12. The maximum absolute atomic E-state index is 12.5. The van der Waals surface area contributed by atoms with Crippen LogP contribution in [0, 0.1) is 0 Å². The number of nitrogens with one attached hydrogen (secondary N) is 1. The lowest BCUT2D eigenvalue weighted by Crippen LogP contribution is -2.22. The van der Waals surface area contributed by atoms with E-state index in [1.54, 1.807) is 6.20 Å². The standard InChI is InChI=1S/C26H25N3O2S/c1-2-3-13-31-23-11-12-27-21-10-9-17(14-20(21)23)15-24-25(30)29-26(32-24)28-22-16-19(22)18-7-5-4-6-8-18/h4-12,14-15,19,22H,2-3,13,16H2,1H3,(H,28,29,30)/b24-15-/t19-,22+/m1/s1. The number of aromatic nitrogens is 1. The number of hydrogen-bond acceptors (Lipinski definition) is 5. The third kappa shape index (κ3) is 4.55. The van der Waals surface area contributed by atoms with Gasteiger partial charge in [-0.15, -0.1) is 0 Å². The largest absolute Gasteiger partial charge is 0.493 e. The quantitative estimate of drug-likeness (QED) is 0.384. The molecule has 162 valence electrons. The zero-order chi connectivity index (χ0) is 21.9. The highest BCUT2D eigenvalue weighted by atomic mass is 32.2. The van der Waals surface area contributed by atoms with E-state index >= 15 is 0 Å². The van der Waals surface area contributed by atoms with Crippen LogP contribution < -0.4 is 10.1 Å². The van der Waals surface area contributed by atoms with Crippen molar-refractivity contribution in [1.82, 2.24) is 10.3 Å². The molecule has 0 unspecified atom stereocenters.